The fraction of sp³-hybridized carbons (Fsp3) is 0.900. The largest absolute Gasteiger partial charge is 0.465 e. The SMILES string of the molecule is CC(C)COC(=O)C1CCCC1C1CCCC1C(=O)OCC(C)C. The van der Waals surface area contributed by atoms with E-state index >= 15 is 0 Å². The molecule has 0 saturated heterocycles. The molecule has 4 nitrogen and oxygen atoms in total. The molecule has 0 aromatic rings. The summed E-state index contributed by atoms with van der Waals surface area (Å²) < 4.78 is 11.0. The number of ether oxygens (including phenoxy) is 2. The van der Waals surface area contributed by atoms with Gasteiger partial charge in [-0.2, -0.15) is 0 Å². The molecule has 0 aliphatic heterocycles. The lowest BCUT2D eigenvalue weighted by Crippen LogP contribution is -2.33. The van der Waals surface area contributed by atoms with Gasteiger partial charge in [-0.1, -0.05) is 40.5 Å². The third-order valence-corrected chi connectivity index (χ3v) is 5.41. The van der Waals surface area contributed by atoms with E-state index in [9.17, 15) is 9.59 Å². The molecule has 4 heteroatoms. The number of carbonyl (C=O) groups is 2. The number of carbonyl (C=O) groups excluding carboxylic acids is 2. The van der Waals surface area contributed by atoms with Crippen LogP contribution in [0.5, 0.6) is 0 Å². The zero-order valence-electron chi connectivity index (χ0n) is 15.8. The quantitative estimate of drug-likeness (QED) is 0.652. The van der Waals surface area contributed by atoms with E-state index in [2.05, 4.69) is 27.7 Å². The molecule has 2 aliphatic rings. The fourth-order valence-corrected chi connectivity index (χ4v) is 4.30. The highest BCUT2D eigenvalue weighted by Crippen LogP contribution is 2.47. The maximum Gasteiger partial charge on any atom is 0.309 e. The van der Waals surface area contributed by atoms with Gasteiger partial charge in [-0.3, -0.25) is 9.59 Å². The Morgan fingerprint density at radius 3 is 1.46 bits per heavy atom. The Morgan fingerprint density at radius 2 is 1.12 bits per heavy atom. The predicted molar refractivity (Wildman–Crippen MR) is 93.3 cm³/mol. The van der Waals surface area contributed by atoms with E-state index in [0.717, 1.165) is 38.5 Å². The molecule has 24 heavy (non-hydrogen) atoms. The predicted octanol–water partition coefficient (Wildman–Crippen LogP) is 4.22. The van der Waals surface area contributed by atoms with Gasteiger partial charge in [0.15, 0.2) is 0 Å². The summed E-state index contributed by atoms with van der Waals surface area (Å²) in [5.74, 6) is 1.17. The van der Waals surface area contributed by atoms with Crippen molar-refractivity contribution in [2.75, 3.05) is 13.2 Å². The van der Waals surface area contributed by atoms with Crippen molar-refractivity contribution in [2.24, 2.45) is 35.5 Å². The highest BCUT2D eigenvalue weighted by Gasteiger charge is 2.46. The van der Waals surface area contributed by atoms with Crippen LogP contribution in [0.25, 0.3) is 0 Å². The highest BCUT2D eigenvalue weighted by atomic mass is 16.5. The van der Waals surface area contributed by atoms with Crippen LogP contribution in [0.1, 0.15) is 66.2 Å². The minimum Gasteiger partial charge on any atom is -0.465 e. The molecule has 2 rings (SSSR count). The van der Waals surface area contributed by atoms with E-state index in [4.69, 9.17) is 9.47 Å². The van der Waals surface area contributed by atoms with Crippen LogP contribution in [0, 0.1) is 35.5 Å². The molecule has 0 heterocycles. The van der Waals surface area contributed by atoms with Crippen LogP contribution in [0.4, 0.5) is 0 Å². The second-order valence-electron chi connectivity index (χ2n) is 8.45. The van der Waals surface area contributed by atoms with Gasteiger partial charge in [-0.15, -0.1) is 0 Å². The van der Waals surface area contributed by atoms with Crippen molar-refractivity contribution in [1.29, 1.82) is 0 Å². The lowest BCUT2D eigenvalue weighted by Gasteiger charge is -2.28. The maximum absolute atomic E-state index is 12.5. The van der Waals surface area contributed by atoms with Crippen LogP contribution in [0.2, 0.25) is 0 Å². The molecule has 4 atom stereocenters. The van der Waals surface area contributed by atoms with Crippen molar-refractivity contribution in [3.63, 3.8) is 0 Å². The van der Waals surface area contributed by atoms with E-state index in [0.29, 0.717) is 36.9 Å². The first-order valence-corrected chi connectivity index (χ1v) is 9.73. The monoisotopic (exact) mass is 338 g/mol. The Labute approximate surface area is 146 Å². The van der Waals surface area contributed by atoms with Gasteiger partial charge >= 0.3 is 11.9 Å². The Hall–Kier alpha value is -1.06. The molecule has 0 bridgehead atoms. The Morgan fingerprint density at radius 1 is 0.750 bits per heavy atom. The maximum atomic E-state index is 12.5. The van der Waals surface area contributed by atoms with Gasteiger partial charge in [0.05, 0.1) is 25.0 Å². The lowest BCUT2D eigenvalue weighted by atomic mass is 9.78. The normalized spacial score (nSPS) is 30.1. The summed E-state index contributed by atoms with van der Waals surface area (Å²) in [7, 11) is 0. The van der Waals surface area contributed by atoms with E-state index in [1.54, 1.807) is 0 Å². The Bertz CT molecular complexity index is 389. The van der Waals surface area contributed by atoms with Gasteiger partial charge in [-0.25, -0.2) is 0 Å². The standard InChI is InChI=1S/C20H34O4/c1-13(2)11-23-19(21)17-9-5-7-15(17)16-8-6-10-18(16)20(22)24-12-14(3)4/h13-18H,5-12H2,1-4H3. The molecule has 0 spiro atoms. The molecule has 0 amide bonds. The average molecular weight is 338 g/mol. The van der Waals surface area contributed by atoms with Crippen molar-refractivity contribution in [1.82, 2.24) is 0 Å². The number of hydrogen-bond donors (Lipinski definition) is 0. The van der Waals surface area contributed by atoms with Crippen molar-refractivity contribution in [3.8, 4) is 0 Å². The fourth-order valence-electron chi connectivity index (χ4n) is 4.30. The first-order chi connectivity index (χ1) is 11.4. The summed E-state index contributed by atoms with van der Waals surface area (Å²) in [5, 5.41) is 0. The van der Waals surface area contributed by atoms with Crippen molar-refractivity contribution in [2.45, 2.75) is 66.2 Å². The minimum atomic E-state index is -0.0487. The summed E-state index contributed by atoms with van der Waals surface area (Å²) in [4.78, 5) is 24.9. The van der Waals surface area contributed by atoms with Crippen LogP contribution >= 0.6 is 0 Å². The topological polar surface area (TPSA) is 52.6 Å². The molecule has 2 fully saturated rings. The second-order valence-corrected chi connectivity index (χ2v) is 8.45. The van der Waals surface area contributed by atoms with E-state index in [1.165, 1.54) is 0 Å². The molecule has 0 radical (unpaired) electrons. The molecular formula is C20H34O4. The zero-order chi connectivity index (χ0) is 17.7. The highest BCUT2D eigenvalue weighted by molar-refractivity contribution is 5.75. The molecule has 2 saturated carbocycles. The van der Waals surface area contributed by atoms with Gasteiger partial charge in [0.1, 0.15) is 0 Å². The zero-order valence-corrected chi connectivity index (χ0v) is 15.8. The molecule has 0 N–H and O–H groups in total. The van der Waals surface area contributed by atoms with Gasteiger partial charge in [-0.05, 0) is 49.4 Å². The first-order valence-electron chi connectivity index (χ1n) is 9.73. The third kappa shape index (κ3) is 4.97. The molecule has 0 aromatic heterocycles. The van der Waals surface area contributed by atoms with Crippen molar-refractivity contribution < 1.29 is 19.1 Å². The summed E-state index contributed by atoms with van der Waals surface area (Å²) >= 11 is 0. The van der Waals surface area contributed by atoms with Gasteiger partial charge in [0.2, 0.25) is 0 Å². The van der Waals surface area contributed by atoms with Crippen molar-refractivity contribution in [3.05, 3.63) is 0 Å². The van der Waals surface area contributed by atoms with Gasteiger partial charge in [0, 0.05) is 0 Å². The van der Waals surface area contributed by atoms with E-state index < -0.39 is 0 Å². The number of hydrogen-bond acceptors (Lipinski definition) is 4. The Kier molecular flexibility index (Phi) is 7.12. The summed E-state index contributed by atoms with van der Waals surface area (Å²) in [6, 6.07) is 0. The third-order valence-electron chi connectivity index (χ3n) is 5.41. The number of esters is 2. The van der Waals surface area contributed by atoms with Gasteiger partial charge in [0.25, 0.3) is 0 Å². The van der Waals surface area contributed by atoms with Crippen LogP contribution in [-0.2, 0) is 19.1 Å². The van der Waals surface area contributed by atoms with Crippen molar-refractivity contribution >= 4 is 11.9 Å². The van der Waals surface area contributed by atoms with E-state index in [1.807, 2.05) is 0 Å². The van der Waals surface area contributed by atoms with E-state index in [-0.39, 0.29) is 23.8 Å². The van der Waals surface area contributed by atoms with Gasteiger partial charge < -0.3 is 9.47 Å². The smallest absolute Gasteiger partial charge is 0.309 e. The van der Waals surface area contributed by atoms with Crippen LogP contribution < -0.4 is 0 Å². The lowest BCUT2D eigenvalue weighted by molar-refractivity contribution is -0.156. The summed E-state index contributed by atoms with van der Waals surface area (Å²) in [6.45, 7) is 9.20. The average Bonchev–Trinajstić information content (AvgIpc) is 3.17. The first kappa shape index (κ1) is 19.3. The number of rotatable bonds is 7. The summed E-state index contributed by atoms with van der Waals surface area (Å²) in [5.41, 5.74) is 0. The van der Waals surface area contributed by atoms with Crippen LogP contribution in [0.3, 0.4) is 0 Å². The molecule has 0 aromatic carbocycles. The molecule has 138 valence electrons. The van der Waals surface area contributed by atoms with Crippen LogP contribution in [0.15, 0.2) is 0 Å². The van der Waals surface area contributed by atoms with Crippen LogP contribution in [-0.4, -0.2) is 25.2 Å². The molecular weight excluding hydrogens is 304 g/mol. The molecule has 2 aliphatic carbocycles. The molecule has 4 unspecified atom stereocenters. The Balaban J connectivity index is 1.97. The minimum absolute atomic E-state index is 0.0211. The second kappa shape index (κ2) is 8.87. The summed E-state index contributed by atoms with van der Waals surface area (Å²) in [6.07, 6.45) is 6.03.